The van der Waals surface area contributed by atoms with Gasteiger partial charge in [0.15, 0.2) is 0 Å². The SMILES string of the molecule is COC(=O)N1CCC(Nc2ncnc3sc4c(c23)CCCC4)CC1. The molecule has 0 radical (unpaired) electrons. The van der Waals surface area contributed by atoms with Crippen molar-refractivity contribution in [2.24, 2.45) is 0 Å². The van der Waals surface area contributed by atoms with Crippen molar-refractivity contribution >= 4 is 33.5 Å². The lowest BCUT2D eigenvalue weighted by atomic mass is 9.97. The molecule has 0 unspecified atom stereocenters. The molecule has 4 rings (SSSR count). The lowest BCUT2D eigenvalue weighted by Crippen LogP contribution is -2.42. The van der Waals surface area contributed by atoms with Gasteiger partial charge in [0.25, 0.3) is 0 Å². The Balaban J connectivity index is 1.53. The highest BCUT2D eigenvalue weighted by Crippen LogP contribution is 2.38. The van der Waals surface area contributed by atoms with Crippen molar-refractivity contribution in [3.8, 4) is 0 Å². The fraction of sp³-hybridized carbons (Fsp3) is 0.588. The van der Waals surface area contributed by atoms with Crippen molar-refractivity contribution < 1.29 is 9.53 Å². The van der Waals surface area contributed by atoms with Crippen LogP contribution in [0.2, 0.25) is 0 Å². The summed E-state index contributed by atoms with van der Waals surface area (Å²) in [6.45, 7) is 1.45. The predicted octanol–water partition coefficient (Wildman–Crippen LogP) is 3.21. The molecule has 0 bridgehead atoms. The summed E-state index contributed by atoms with van der Waals surface area (Å²) >= 11 is 1.82. The summed E-state index contributed by atoms with van der Waals surface area (Å²) < 4.78 is 4.80. The zero-order chi connectivity index (χ0) is 16.5. The van der Waals surface area contributed by atoms with Crippen molar-refractivity contribution in [3.05, 3.63) is 16.8 Å². The Morgan fingerprint density at radius 1 is 1.29 bits per heavy atom. The number of aryl methyl sites for hydroxylation is 2. The maximum absolute atomic E-state index is 11.6. The molecule has 1 amide bonds. The Hall–Kier alpha value is -1.89. The smallest absolute Gasteiger partial charge is 0.409 e. The molecule has 24 heavy (non-hydrogen) atoms. The molecule has 128 valence electrons. The van der Waals surface area contributed by atoms with Crippen LogP contribution in [0.15, 0.2) is 6.33 Å². The van der Waals surface area contributed by atoms with Gasteiger partial charge in [-0.25, -0.2) is 14.8 Å². The molecule has 0 saturated carbocycles. The molecule has 1 saturated heterocycles. The third-order valence-electron chi connectivity index (χ3n) is 5.02. The van der Waals surface area contributed by atoms with Gasteiger partial charge in [0, 0.05) is 24.0 Å². The van der Waals surface area contributed by atoms with E-state index < -0.39 is 0 Å². The van der Waals surface area contributed by atoms with Crippen LogP contribution in [0.4, 0.5) is 10.6 Å². The molecule has 1 fully saturated rings. The fourth-order valence-electron chi connectivity index (χ4n) is 3.73. The molecule has 0 aromatic carbocycles. The molecular weight excluding hydrogens is 324 g/mol. The quantitative estimate of drug-likeness (QED) is 0.904. The fourth-order valence-corrected chi connectivity index (χ4v) is 4.96. The van der Waals surface area contributed by atoms with Crippen molar-refractivity contribution in [1.82, 2.24) is 14.9 Å². The maximum atomic E-state index is 11.6. The van der Waals surface area contributed by atoms with E-state index in [2.05, 4.69) is 15.3 Å². The summed E-state index contributed by atoms with van der Waals surface area (Å²) in [6.07, 6.45) is 8.10. The molecule has 2 aliphatic rings. The van der Waals surface area contributed by atoms with E-state index in [1.807, 2.05) is 11.3 Å². The first-order chi connectivity index (χ1) is 11.8. The van der Waals surface area contributed by atoms with E-state index in [0.29, 0.717) is 6.04 Å². The highest BCUT2D eigenvalue weighted by atomic mass is 32.1. The van der Waals surface area contributed by atoms with E-state index in [-0.39, 0.29) is 6.09 Å². The van der Waals surface area contributed by atoms with E-state index in [1.165, 1.54) is 42.2 Å². The number of thiophene rings is 1. The number of fused-ring (bicyclic) bond motifs is 3. The monoisotopic (exact) mass is 346 g/mol. The molecule has 7 heteroatoms. The van der Waals surface area contributed by atoms with Crippen LogP contribution in [-0.2, 0) is 17.6 Å². The summed E-state index contributed by atoms with van der Waals surface area (Å²) in [5.41, 5.74) is 1.45. The van der Waals surface area contributed by atoms with Gasteiger partial charge in [-0.2, -0.15) is 0 Å². The highest BCUT2D eigenvalue weighted by molar-refractivity contribution is 7.19. The van der Waals surface area contributed by atoms with E-state index in [0.717, 1.165) is 43.0 Å². The van der Waals surface area contributed by atoms with E-state index in [1.54, 1.807) is 11.2 Å². The van der Waals surface area contributed by atoms with Gasteiger partial charge >= 0.3 is 6.09 Å². The molecule has 6 nitrogen and oxygen atoms in total. The summed E-state index contributed by atoms with van der Waals surface area (Å²) in [5, 5.41) is 4.84. The molecule has 2 aromatic rings. The minimum atomic E-state index is -0.232. The number of nitrogens with one attached hydrogen (secondary N) is 1. The van der Waals surface area contributed by atoms with Gasteiger partial charge in [-0.15, -0.1) is 11.3 Å². The molecule has 1 N–H and O–H groups in total. The van der Waals surface area contributed by atoms with Crippen molar-refractivity contribution in [3.63, 3.8) is 0 Å². The third kappa shape index (κ3) is 2.81. The van der Waals surface area contributed by atoms with Crippen LogP contribution in [0.25, 0.3) is 10.2 Å². The second-order valence-electron chi connectivity index (χ2n) is 6.49. The van der Waals surface area contributed by atoms with Crippen LogP contribution in [-0.4, -0.2) is 47.2 Å². The number of piperidine rings is 1. The summed E-state index contributed by atoms with van der Waals surface area (Å²) in [6, 6.07) is 0.336. The lowest BCUT2D eigenvalue weighted by molar-refractivity contribution is 0.113. The number of likely N-dealkylation sites (tertiary alicyclic amines) is 1. The van der Waals surface area contributed by atoms with Crippen molar-refractivity contribution in [1.29, 1.82) is 0 Å². The van der Waals surface area contributed by atoms with E-state index >= 15 is 0 Å². The Morgan fingerprint density at radius 2 is 2.08 bits per heavy atom. The average Bonchev–Trinajstić information content (AvgIpc) is 3.01. The van der Waals surface area contributed by atoms with Gasteiger partial charge in [0.2, 0.25) is 0 Å². The third-order valence-corrected chi connectivity index (χ3v) is 6.22. The number of nitrogens with zero attached hydrogens (tertiary/aromatic N) is 3. The van der Waals surface area contributed by atoms with E-state index in [9.17, 15) is 4.79 Å². The van der Waals surface area contributed by atoms with Crippen molar-refractivity contribution in [2.45, 2.75) is 44.6 Å². The minimum absolute atomic E-state index is 0.232. The van der Waals surface area contributed by atoms with Crippen LogP contribution in [0, 0.1) is 0 Å². The second-order valence-corrected chi connectivity index (χ2v) is 7.57. The number of aromatic nitrogens is 2. The van der Waals surface area contributed by atoms with Crippen LogP contribution >= 0.6 is 11.3 Å². The number of carbonyl (C=O) groups is 1. The van der Waals surface area contributed by atoms with Gasteiger partial charge in [0.1, 0.15) is 17.0 Å². The highest BCUT2D eigenvalue weighted by Gasteiger charge is 2.25. The van der Waals surface area contributed by atoms with Crippen LogP contribution in [0.3, 0.4) is 0 Å². The topological polar surface area (TPSA) is 67.3 Å². The number of carbonyl (C=O) groups excluding carboxylic acids is 1. The first-order valence-electron chi connectivity index (χ1n) is 8.61. The molecule has 0 atom stereocenters. The Labute approximate surface area is 145 Å². The number of rotatable bonds is 2. The number of hydrogen-bond acceptors (Lipinski definition) is 6. The molecule has 0 spiro atoms. The first kappa shape index (κ1) is 15.6. The predicted molar refractivity (Wildman–Crippen MR) is 94.7 cm³/mol. The number of anilines is 1. The van der Waals surface area contributed by atoms with Crippen LogP contribution in [0.5, 0.6) is 0 Å². The molecule has 3 heterocycles. The largest absolute Gasteiger partial charge is 0.453 e. The van der Waals surface area contributed by atoms with E-state index in [4.69, 9.17) is 4.74 Å². The molecule has 1 aliphatic heterocycles. The van der Waals surface area contributed by atoms with Crippen LogP contribution in [0.1, 0.15) is 36.1 Å². The summed E-state index contributed by atoms with van der Waals surface area (Å²) in [7, 11) is 1.43. The second kappa shape index (κ2) is 6.55. The zero-order valence-corrected chi connectivity index (χ0v) is 14.7. The number of hydrogen-bond donors (Lipinski definition) is 1. The molecular formula is C17H22N4O2S. The Kier molecular flexibility index (Phi) is 4.26. The minimum Gasteiger partial charge on any atom is -0.453 e. The van der Waals surface area contributed by atoms with Gasteiger partial charge < -0.3 is 15.0 Å². The number of amides is 1. The summed E-state index contributed by atoms with van der Waals surface area (Å²) in [5.74, 6) is 0.968. The van der Waals surface area contributed by atoms with Gasteiger partial charge in [-0.1, -0.05) is 0 Å². The zero-order valence-electron chi connectivity index (χ0n) is 13.9. The first-order valence-corrected chi connectivity index (χ1v) is 9.42. The average molecular weight is 346 g/mol. The normalized spacial score (nSPS) is 18.5. The Bertz CT molecular complexity index is 752. The Morgan fingerprint density at radius 3 is 2.88 bits per heavy atom. The summed E-state index contributed by atoms with van der Waals surface area (Å²) in [4.78, 5) is 25.0. The molecule has 1 aliphatic carbocycles. The van der Waals surface area contributed by atoms with Gasteiger partial charge in [-0.3, -0.25) is 0 Å². The van der Waals surface area contributed by atoms with Gasteiger partial charge in [-0.05, 0) is 44.1 Å². The maximum Gasteiger partial charge on any atom is 0.409 e. The standard InChI is InChI=1S/C17H22N4O2S/c1-23-17(22)21-8-6-11(7-9-21)20-15-14-12-4-2-3-5-13(12)24-16(14)19-10-18-15/h10-11H,2-9H2,1H3,(H,18,19,20). The van der Waals surface area contributed by atoms with Gasteiger partial charge in [0.05, 0.1) is 12.5 Å². The van der Waals surface area contributed by atoms with Crippen LogP contribution < -0.4 is 5.32 Å². The molecule has 2 aromatic heterocycles. The number of methoxy groups -OCH3 is 1. The van der Waals surface area contributed by atoms with Crippen molar-refractivity contribution in [2.75, 3.05) is 25.5 Å². The lowest BCUT2D eigenvalue weighted by Gasteiger charge is -2.31. The number of ether oxygens (including phenoxy) is 1.